The smallest absolute Gasteiger partial charge is 0.322 e. The predicted molar refractivity (Wildman–Crippen MR) is 59.0 cm³/mol. The van der Waals surface area contributed by atoms with Gasteiger partial charge in [-0.05, 0) is 6.42 Å². The molecule has 94 valence electrons. The molecule has 0 aromatic rings. The molecule has 0 aliphatic heterocycles. The average Bonchev–Trinajstić information content (AvgIpc) is 2.29. The Morgan fingerprint density at radius 1 is 1.31 bits per heavy atom. The van der Waals surface area contributed by atoms with Gasteiger partial charge in [-0.25, -0.2) is 0 Å². The summed E-state index contributed by atoms with van der Waals surface area (Å²) in [6, 6.07) is -0.432. The summed E-state index contributed by atoms with van der Waals surface area (Å²) in [5.74, 6) is -0.522. The fourth-order valence-corrected chi connectivity index (χ4v) is 1.11. The van der Waals surface area contributed by atoms with Gasteiger partial charge in [-0.15, -0.1) is 0 Å². The first-order chi connectivity index (χ1) is 7.65. The van der Waals surface area contributed by atoms with Gasteiger partial charge in [-0.3, -0.25) is 14.9 Å². The molecular formula is C10H20N2O4. The van der Waals surface area contributed by atoms with E-state index in [1.165, 1.54) is 7.11 Å². The van der Waals surface area contributed by atoms with Gasteiger partial charge in [-0.1, -0.05) is 6.92 Å². The number of nitrogens with one attached hydrogen (secondary N) is 2. The van der Waals surface area contributed by atoms with Crippen LogP contribution in [0.4, 0.5) is 0 Å². The highest BCUT2D eigenvalue weighted by atomic mass is 16.5. The van der Waals surface area contributed by atoms with Crippen molar-refractivity contribution in [3.63, 3.8) is 0 Å². The Hall–Kier alpha value is -1.14. The first-order valence-electron chi connectivity index (χ1n) is 5.22. The summed E-state index contributed by atoms with van der Waals surface area (Å²) >= 11 is 0. The van der Waals surface area contributed by atoms with Crippen LogP contribution in [-0.4, -0.2) is 51.8 Å². The van der Waals surface area contributed by atoms with Crippen molar-refractivity contribution in [1.82, 2.24) is 10.6 Å². The summed E-state index contributed by atoms with van der Waals surface area (Å²) in [6.45, 7) is 2.88. The summed E-state index contributed by atoms with van der Waals surface area (Å²) in [5.41, 5.74) is 0. The fraction of sp³-hybridized carbons (Fsp3) is 0.800. The van der Waals surface area contributed by atoms with Crippen LogP contribution in [0.15, 0.2) is 0 Å². The molecule has 0 rings (SSSR count). The lowest BCUT2D eigenvalue weighted by molar-refractivity contribution is -0.143. The molecule has 0 aromatic heterocycles. The van der Waals surface area contributed by atoms with Gasteiger partial charge >= 0.3 is 5.97 Å². The van der Waals surface area contributed by atoms with E-state index < -0.39 is 6.04 Å². The van der Waals surface area contributed by atoms with E-state index in [0.717, 1.165) is 0 Å². The molecular weight excluding hydrogens is 212 g/mol. The largest absolute Gasteiger partial charge is 0.468 e. The lowest BCUT2D eigenvalue weighted by Gasteiger charge is -2.14. The maximum absolute atomic E-state index is 11.3. The topological polar surface area (TPSA) is 76.7 Å². The fourth-order valence-electron chi connectivity index (χ4n) is 1.11. The minimum atomic E-state index is -0.432. The molecule has 0 bridgehead atoms. The monoisotopic (exact) mass is 232 g/mol. The van der Waals surface area contributed by atoms with Gasteiger partial charge in [0.25, 0.3) is 0 Å². The molecule has 6 heteroatoms. The van der Waals surface area contributed by atoms with Crippen molar-refractivity contribution in [2.75, 3.05) is 33.9 Å². The highest BCUT2D eigenvalue weighted by molar-refractivity contribution is 5.80. The van der Waals surface area contributed by atoms with Crippen molar-refractivity contribution in [3.05, 3.63) is 0 Å². The zero-order chi connectivity index (χ0) is 12.4. The molecule has 6 nitrogen and oxygen atoms in total. The van der Waals surface area contributed by atoms with Gasteiger partial charge in [0.15, 0.2) is 0 Å². The SMILES string of the molecule is CCC(NCC(=O)NCCOC)C(=O)OC. The molecule has 1 amide bonds. The summed E-state index contributed by atoms with van der Waals surface area (Å²) in [5, 5.41) is 5.46. The first-order valence-corrected chi connectivity index (χ1v) is 5.22. The maximum Gasteiger partial charge on any atom is 0.322 e. The van der Waals surface area contributed by atoms with Crippen molar-refractivity contribution in [2.24, 2.45) is 0 Å². The van der Waals surface area contributed by atoms with Crippen LogP contribution in [0.2, 0.25) is 0 Å². The molecule has 0 saturated carbocycles. The number of amides is 1. The molecule has 2 N–H and O–H groups in total. The Labute approximate surface area is 95.7 Å². The highest BCUT2D eigenvalue weighted by Crippen LogP contribution is 1.92. The second-order valence-electron chi connectivity index (χ2n) is 3.21. The standard InChI is InChI=1S/C10H20N2O4/c1-4-8(10(14)16-3)12-7-9(13)11-5-6-15-2/h8,12H,4-7H2,1-3H3,(H,11,13). The number of carbonyl (C=O) groups is 2. The number of ether oxygens (including phenoxy) is 2. The minimum Gasteiger partial charge on any atom is -0.468 e. The zero-order valence-corrected chi connectivity index (χ0v) is 10.0. The molecule has 1 unspecified atom stereocenters. The van der Waals surface area contributed by atoms with Gasteiger partial charge in [0.05, 0.1) is 20.3 Å². The molecule has 0 fully saturated rings. The van der Waals surface area contributed by atoms with E-state index in [4.69, 9.17) is 4.74 Å². The lowest BCUT2D eigenvalue weighted by atomic mass is 10.2. The lowest BCUT2D eigenvalue weighted by Crippen LogP contribution is -2.43. The normalized spacial score (nSPS) is 11.9. The van der Waals surface area contributed by atoms with E-state index in [0.29, 0.717) is 19.6 Å². The third kappa shape index (κ3) is 6.36. The second kappa shape index (κ2) is 9.11. The van der Waals surface area contributed by atoms with Crippen LogP contribution in [0, 0.1) is 0 Å². The Kier molecular flexibility index (Phi) is 8.46. The van der Waals surface area contributed by atoms with Gasteiger partial charge in [0, 0.05) is 13.7 Å². The molecule has 16 heavy (non-hydrogen) atoms. The van der Waals surface area contributed by atoms with E-state index in [2.05, 4.69) is 15.4 Å². The van der Waals surface area contributed by atoms with E-state index in [1.54, 1.807) is 7.11 Å². The second-order valence-corrected chi connectivity index (χ2v) is 3.21. The minimum absolute atomic E-state index is 0.0946. The Balaban J connectivity index is 3.75. The number of carbonyl (C=O) groups excluding carboxylic acids is 2. The van der Waals surface area contributed by atoms with Crippen LogP contribution in [-0.2, 0) is 19.1 Å². The zero-order valence-electron chi connectivity index (χ0n) is 10.0. The third-order valence-electron chi connectivity index (χ3n) is 2.03. The van der Waals surface area contributed by atoms with Crippen LogP contribution in [0.3, 0.4) is 0 Å². The number of hydrogen-bond donors (Lipinski definition) is 2. The molecule has 0 aromatic carbocycles. The van der Waals surface area contributed by atoms with E-state index >= 15 is 0 Å². The molecule has 0 heterocycles. The van der Waals surface area contributed by atoms with Gasteiger partial charge in [0.2, 0.25) is 5.91 Å². The molecule has 0 saturated heterocycles. The quantitative estimate of drug-likeness (QED) is 0.427. The van der Waals surface area contributed by atoms with Crippen LogP contribution >= 0.6 is 0 Å². The van der Waals surface area contributed by atoms with Gasteiger partial charge in [0.1, 0.15) is 6.04 Å². The molecule has 0 aliphatic rings. The Morgan fingerprint density at radius 2 is 2.00 bits per heavy atom. The Bertz CT molecular complexity index is 221. The van der Waals surface area contributed by atoms with Crippen LogP contribution in [0.5, 0.6) is 0 Å². The first kappa shape index (κ1) is 14.9. The molecule has 0 radical (unpaired) electrons. The Morgan fingerprint density at radius 3 is 2.50 bits per heavy atom. The maximum atomic E-state index is 11.3. The average molecular weight is 232 g/mol. The van der Waals surface area contributed by atoms with Crippen molar-refractivity contribution in [2.45, 2.75) is 19.4 Å². The molecule has 0 spiro atoms. The van der Waals surface area contributed by atoms with Crippen molar-refractivity contribution >= 4 is 11.9 Å². The van der Waals surface area contributed by atoms with Crippen molar-refractivity contribution < 1.29 is 19.1 Å². The van der Waals surface area contributed by atoms with Crippen molar-refractivity contribution in [1.29, 1.82) is 0 Å². The van der Waals surface area contributed by atoms with Crippen molar-refractivity contribution in [3.8, 4) is 0 Å². The van der Waals surface area contributed by atoms with Gasteiger partial charge in [-0.2, -0.15) is 0 Å². The van der Waals surface area contributed by atoms with E-state index in [1.807, 2.05) is 6.92 Å². The van der Waals surface area contributed by atoms with E-state index in [-0.39, 0.29) is 18.4 Å². The van der Waals surface area contributed by atoms with Gasteiger partial charge < -0.3 is 14.8 Å². The number of rotatable bonds is 8. The number of esters is 1. The summed E-state index contributed by atoms with van der Waals surface area (Å²) in [4.78, 5) is 22.4. The van der Waals surface area contributed by atoms with Crippen LogP contribution < -0.4 is 10.6 Å². The summed E-state index contributed by atoms with van der Waals surface area (Å²) < 4.78 is 9.37. The highest BCUT2D eigenvalue weighted by Gasteiger charge is 2.16. The number of methoxy groups -OCH3 is 2. The summed E-state index contributed by atoms with van der Waals surface area (Å²) in [7, 11) is 2.89. The third-order valence-corrected chi connectivity index (χ3v) is 2.03. The molecule has 1 atom stereocenters. The predicted octanol–water partition coefficient (Wildman–Crippen LogP) is -0.710. The summed E-state index contributed by atoms with van der Waals surface area (Å²) in [6.07, 6.45) is 0.581. The van der Waals surface area contributed by atoms with Crippen LogP contribution in [0.25, 0.3) is 0 Å². The van der Waals surface area contributed by atoms with E-state index in [9.17, 15) is 9.59 Å². The number of hydrogen-bond acceptors (Lipinski definition) is 5. The van der Waals surface area contributed by atoms with Crippen LogP contribution in [0.1, 0.15) is 13.3 Å². The molecule has 0 aliphatic carbocycles.